The van der Waals surface area contributed by atoms with Crippen LogP contribution in [0.25, 0.3) is 0 Å². The molecule has 0 radical (unpaired) electrons. The maximum atomic E-state index is 12.1. The van der Waals surface area contributed by atoms with E-state index in [4.69, 9.17) is 0 Å². The Kier molecular flexibility index (Phi) is 5.83. The third kappa shape index (κ3) is 5.02. The zero-order valence-electron chi connectivity index (χ0n) is 14.2. The zero-order chi connectivity index (χ0) is 16.1. The maximum Gasteiger partial charge on any atom is 0.319 e. The van der Waals surface area contributed by atoms with Crippen molar-refractivity contribution in [3.8, 4) is 0 Å². The molecule has 1 saturated heterocycles. The van der Waals surface area contributed by atoms with Crippen LogP contribution in [0.5, 0.6) is 0 Å². The summed E-state index contributed by atoms with van der Waals surface area (Å²) in [5, 5.41) is 5.97. The highest BCUT2D eigenvalue weighted by atomic mass is 16.2. The minimum Gasteiger partial charge on any atom is -0.334 e. The number of amides is 2. The van der Waals surface area contributed by atoms with Crippen molar-refractivity contribution < 1.29 is 4.79 Å². The molecule has 0 saturated carbocycles. The minimum atomic E-state index is -0.125. The minimum absolute atomic E-state index is 0.125. The summed E-state index contributed by atoms with van der Waals surface area (Å²) in [4.78, 5) is 14.6. The zero-order valence-corrected chi connectivity index (χ0v) is 14.2. The number of hydrogen-bond acceptors (Lipinski definition) is 2. The number of hydrogen-bond donors (Lipinski definition) is 2. The van der Waals surface area contributed by atoms with Gasteiger partial charge in [-0.15, -0.1) is 0 Å². The molecule has 122 valence electrons. The Morgan fingerprint density at radius 2 is 1.91 bits per heavy atom. The second-order valence-corrected chi connectivity index (χ2v) is 6.98. The van der Waals surface area contributed by atoms with E-state index in [1.165, 1.54) is 6.42 Å². The van der Waals surface area contributed by atoms with Crippen LogP contribution >= 0.6 is 0 Å². The number of urea groups is 1. The van der Waals surface area contributed by atoms with Crippen LogP contribution in [-0.4, -0.2) is 36.6 Å². The van der Waals surface area contributed by atoms with Gasteiger partial charge in [0, 0.05) is 31.4 Å². The van der Waals surface area contributed by atoms with Crippen LogP contribution in [-0.2, 0) is 0 Å². The molecular weight excluding hydrogens is 274 g/mol. The van der Waals surface area contributed by atoms with E-state index in [9.17, 15) is 4.79 Å². The van der Waals surface area contributed by atoms with E-state index in [0.29, 0.717) is 0 Å². The van der Waals surface area contributed by atoms with Crippen LogP contribution in [0.4, 0.5) is 10.5 Å². The van der Waals surface area contributed by atoms with Gasteiger partial charge in [0.2, 0.25) is 0 Å². The Morgan fingerprint density at radius 3 is 2.55 bits per heavy atom. The van der Waals surface area contributed by atoms with Crippen molar-refractivity contribution in [2.75, 3.05) is 25.0 Å². The molecule has 0 spiro atoms. The molecule has 22 heavy (non-hydrogen) atoms. The summed E-state index contributed by atoms with van der Waals surface area (Å²) in [7, 11) is 0. The highest BCUT2D eigenvalue weighted by Crippen LogP contribution is 2.20. The van der Waals surface area contributed by atoms with Crippen molar-refractivity contribution in [3.05, 3.63) is 29.8 Å². The summed E-state index contributed by atoms with van der Waals surface area (Å²) >= 11 is 0. The standard InChI is InChI=1S/C18H29N3O/c1-13-9-14(2)11-21(10-13)12-16(4)19-18(22)20-17-8-6-5-7-15(17)3/h5-8,13-14,16H,9-12H2,1-4H3,(H2,19,20,22)/t13-,14-,16-/m1/s1. The lowest BCUT2D eigenvalue weighted by Crippen LogP contribution is -2.47. The van der Waals surface area contributed by atoms with E-state index in [0.717, 1.165) is 42.7 Å². The molecule has 2 rings (SSSR count). The van der Waals surface area contributed by atoms with E-state index in [1.807, 2.05) is 31.2 Å². The Morgan fingerprint density at radius 1 is 1.27 bits per heavy atom. The van der Waals surface area contributed by atoms with Gasteiger partial charge < -0.3 is 15.5 Å². The van der Waals surface area contributed by atoms with Crippen LogP contribution in [0, 0.1) is 18.8 Å². The lowest BCUT2D eigenvalue weighted by Gasteiger charge is -2.36. The molecule has 2 amide bonds. The number of benzene rings is 1. The molecule has 2 N–H and O–H groups in total. The summed E-state index contributed by atoms with van der Waals surface area (Å²) < 4.78 is 0. The molecule has 1 fully saturated rings. The normalized spacial score (nSPS) is 23.8. The molecule has 0 bridgehead atoms. The highest BCUT2D eigenvalue weighted by molar-refractivity contribution is 5.90. The van der Waals surface area contributed by atoms with Crippen molar-refractivity contribution in [1.82, 2.24) is 10.2 Å². The summed E-state index contributed by atoms with van der Waals surface area (Å²) in [6.45, 7) is 11.9. The van der Waals surface area contributed by atoms with Crippen molar-refractivity contribution in [2.24, 2.45) is 11.8 Å². The van der Waals surface area contributed by atoms with Gasteiger partial charge in [0.1, 0.15) is 0 Å². The summed E-state index contributed by atoms with van der Waals surface area (Å²) in [5.74, 6) is 1.49. The van der Waals surface area contributed by atoms with Gasteiger partial charge in [-0.05, 0) is 43.7 Å². The molecule has 3 atom stereocenters. The predicted octanol–water partition coefficient (Wildman–Crippen LogP) is 3.48. The molecule has 0 unspecified atom stereocenters. The predicted molar refractivity (Wildman–Crippen MR) is 92.2 cm³/mol. The first-order valence-corrected chi connectivity index (χ1v) is 8.29. The van der Waals surface area contributed by atoms with Crippen LogP contribution in [0.15, 0.2) is 24.3 Å². The average Bonchev–Trinajstić information content (AvgIpc) is 2.39. The fourth-order valence-corrected chi connectivity index (χ4v) is 3.47. The molecule has 1 aromatic rings. The van der Waals surface area contributed by atoms with Gasteiger partial charge >= 0.3 is 6.03 Å². The Hall–Kier alpha value is -1.55. The Bertz CT molecular complexity index is 493. The molecule has 4 heteroatoms. The lowest BCUT2D eigenvalue weighted by atomic mass is 9.92. The van der Waals surface area contributed by atoms with Crippen LogP contribution in [0.1, 0.15) is 32.8 Å². The van der Waals surface area contributed by atoms with Gasteiger partial charge in [-0.2, -0.15) is 0 Å². The molecule has 0 aliphatic carbocycles. The number of aryl methyl sites for hydroxylation is 1. The van der Waals surface area contributed by atoms with Crippen molar-refractivity contribution in [1.29, 1.82) is 0 Å². The number of likely N-dealkylation sites (tertiary alicyclic amines) is 1. The molecule has 1 heterocycles. The molecule has 0 aromatic heterocycles. The van der Waals surface area contributed by atoms with Gasteiger partial charge in [0.05, 0.1) is 0 Å². The van der Waals surface area contributed by atoms with E-state index >= 15 is 0 Å². The number of nitrogens with one attached hydrogen (secondary N) is 2. The number of carbonyl (C=O) groups is 1. The quantitative estimate of drug-likeness (QED) is 0.894. The fraction of sp³-hybridized carbons (Fsp3) is 0.611. The maximum absolute atomic E-state index is 12.1. The summed E-state index contributed by atoms with van der Waals surface area (Å²) in [5.41, 5.74) is 1.94. The van der Waals surface area contributed by atoms with Gasteiger partial charge in [-0.25, -0.2) is 4.79 Å². The Balaban J connectivity index is 1.80. The molecular formula is C18H29N3O. The van der Waals surface area contributed by atoms with Gasteiger partial charge in [-0.3, -0.25) is 0 Å². The van der Waals surface area contributed by atoms with E-state index in [-0.39, 0.29) is 12.1 Å². The van der Waals surface area contributed by atoms with Gasteiger partial charge in [0.25, 0.3) is 0 Å². The highest BCUT2D eigenvalue weighted by Gasteiger charge is 2.23. The van der Waals surface area contributed by atoms with Crippen LogP contribution in [0.2, 0.25) is 0 Å². The van der Waals surface area contributed by atoms with Crippen LogP contribution < -0.4 is 10.6 Å². The molecule has 1 aromatic carbocycles. The van der Waals surface area contributed by atoms with Crippen molar-refractivity contribution >= 4 is 11.7 Å². The largest absolute Gasteiger partial charge is 0.334 e. The SMILES string of the molecule is Cc1ccccc1NC(=O)N[C@H](C)CN1C[C@H](C)C[C@@H](C)C1. The fourth-order valence-electron chi connectivity index (χ4n) is 3.47. The first kappa shape index (κ1) is 16.8. The number of piperidine rings is 1. The van der Waals surface area contributed by atoms with Gasteiger partial charge in [-0.1, -0.05) is 32.0 Å². The average molecular weight is 303 g/mol. The van der Waals surface area contributed by atoms with E-state index in [1.54, 1.807) is 0 Å². The monoisotopic (exact) mass is 303 g/mol. The number of carbonyl (C=O) groups excluding carboxylic acids is 1. The topological polar surface area (TPSA) is 44.4 Å². The number of anilines is 1. The smallest absolute Gasteiger partial charge is 0.319 e. The lowest BCUT2D eigenvalue weighted by molar-refractivity contribution is 0.132. The van der Waals surface area contributed by atoms with Gasteiger partial charge in [0.15, 0.2) is 0 Å². The molecule has 4 nitrogen and oxygen atoms in total. The third-order valence-electron chi connectivity index (χ3n) is 4.25. The van der Waals surface area contributed by atoms with Crippen LogP contribution in [0.3, 0.4) is 0 Å². The summed E-state index contributed by atoms with van der Waals surface area (Å²) in [6, 6.07) is 7.84. The van der Waals surface area contributed by atoms with Crippen molar-refractivity contribution in [2.45, 2.75) is 40.2 Å². The van der Waals surface area contributed by atoms with E-state index in [2.05, 4.69) is 36.3 Å². The first-order chi connectivity index (χ1) is 10.4. The first-order valence-electron chi connectivity index (χ1n) is 8.29. The molecule has 1 aliphatic heterocycles. The molecule has 1 aliphatic rings. The second kappa shape index (κ2) is 7.63. The van der Waals surface area contributed by atoms with E-state index < -0.39 is 0 Å². The second-order valence-electron chi connectivity index (χ2n) is 6.98. The number of para-hydroxylation sites is 1. The number of nitrogens with zero attached hydrogens (tertiary/aromatic N) is 1. The summed E-state index contributed by atoms with van der Waals surface area (Å²) in [6.07, 6.45) is 1.31. The van der Waals surface area contributed by atoms with Crippen molar-refractivity contribution in [3.63, 3.8) is 0 Å². The number of rotatable bonds is 4. The third-order valence-corrected chi connectivity index (χ3v) is 4.25. The Labute approximate surface area is 134 Å².